The zero-order valence-electron chi connectivity index (χ0n) is 11.4. The summed E-state index contributed by atoms with van der Waals surface area (Å²) >= 11 is 0. The van der Waals surface area contributed by atoms with Crippen molar-refractivity contribution in [3.8, 4) is 0 Å². The molecular weight excluding hydrogens is 248 g/mol. The van der Waals surface area contributed by atoms with Crippen molar-refractivity contribution in [1.82, 2.24) is 0 Å². The van der Waals surface area contributed by atoms with Crippen LogP contribution in [0.5, 0.6) is 0 Å². The Morgan fingerprint density at radius 1 is 0.900 bits per heavy atom. The van der Waals surface area contributed by atoms with Crippen LogP contribution in [0.4, 0.5) is 0 Å². The summed E-state index contributed by atoms with van der Waals surface area (Å²) in [4.78, 5) is 0. The minimum absolute atomic E-state index is 0.0867. The highest BCUT2D eigenvalue weighted by atomic mass is 16.3. The van der Waals surface area contributed by atoms with Gasteiger partial charge in [0.15, 0.2) is 0 Å². The van der Waals surface area contributed by atoms with Gasteiger partial charge in [0.1, 0.15) is 0 Å². The Labute approximate surface area is 120 Å². The van der Waals surface area contributed by atoms with Crippen LogP contribution in [0.2, 0.25) is 0 Å². The van der Waals surface area contributed by atoms with Gasteiger partial charge in [0.2, 0.25) is 0 Å². The van der Waals surface area contributed by atoms with Crippen LogP contribution >= 0.6 is 0 Å². The summed E-state index contributed by atoms with van der Waals surface area (Å²) in [5.74, 6) is -0.395. The van der Waals surface area contributed by atoms with E-state index in [0.717, 1.165) is 11.1 Å². The monoisotopic (exact) mass is 268 g/mol. The van der Waals surface area contributed by atoms with Crippen LogP contribution in [0.3, 0.4) is 0 Å². The first-order valence-electron chi connectivity index (χ1n) is 6.79. The van der Waals surface area contributed by atoms with Gasteiger partial charge in [-0.05, 0) is 11.1 Å². The number of allylic oxidation sites excluding steroid dienone is 1. The molecule has 0 saturated heterocycles. The lowest BCUT2D eigenvalue weighted by molar-refractivity contribution is 0.0588. The smallest absolute Gasteiger partial charge is 0.0849 e. The predicted octanol–water partition coefficient (Wildman–Crippen LogP) is 3.30. The van der Waals surface area contributed by atoms with Crippen molar-refractivity contribution in [1.29, 1.82) is 0 Å². The van der Waals surface area contributed by atoms with Crippen LogP contribution < -0.4 is 0 Å². The minimum atomic E-state index is -0.718. The molecule has 0 aliphatic carbocycles. The van der Waals surface area contributed by atoms with Gasteiger partial charge in [-0.15, -0.1) is 6.58 Å². The molecule has 0 aromatic heterocycles. The van der Waals surface area contributed by atoms with Crippen molar-refractivity contribution in [3.05, 3.63) is 84.4 Å². The third-order valence-electron chi connectivity index (χ3n) is 3.66. The largest absolute Gasteiger partial charge is 0.396 e. The van der Waals surface area contributed by atoms with Crippen molar-refractivity contribution in [2.75, 3.05) is 6.61 Å². The Balaban J connectivity index is 2.28. The molecule has 2 aromatic carbocycles. The van der Waals surface area contributed by atoms with Crippen LogP contribution in [0.15, 0.2) is 73.3 Å². The van der Waals surface area contributed by atoms with Gasteiger partial charge in [-0.2, -0.15) is 0 Å². The maximum atomic E-state index is 10.5. The van der Waals surface area contributed by atoms with E-state index in [1.165, 1.54) is 0 Å². The highest BCUT2D eigenvalue weighted by Crippen LogP contribution is 2.34. The van der Waals surface area contributed by atoms with Crippen molar-refractivity contribution < 1.29 is 10.2 Å². The summed E-state index contributed by atoms with van der Waals surface area (Å²) in [6.07, 6.45) is 1.08. The molecule has 0 fully saturated rings. The SMILES string of the molecule is C=C[C@@H](c1ccccc1)[C@@H](CO)[C@@H](O)c1ccccc1. The first-order chi connectivity index (χ1) is 9.77. The van der Waals surface area contributed by atoms with Crippen LogP contribution in [0.25, 0.3) is 0 Å². The Morgan fingerprint density at radius 2 is 1.40 bits per heavy atom. The quantitative estimate of drug-likeness (QED) is 0.789. The summed E-state index contributed by atoms with van der Waals surface area (Å²) in [5.41, 5.74) is 1.87. The van der Waals surface area contributed by atoms with E-state index in [2.05, 4.69) is 6.58 Å². The molecule has 2 nitrogen and oxygen atoms in total. The highest BCUT2D eigenvalue weighted by molar-refractivity contribution is 5.27. The molecule has 104 valence electrons. The zero-order valence-corrected chi connectivity index (χ0v) is 11.4. The Bertz CT molecular complexity index is 522. The third kappa shape index (κ3) is 3.16. The number of aliphatic hydroxyl groups excluding tert-OH is 2. The van der Waals surface area contributed by atoms with Gasteiger partial charge >= 0.3 is 0 Å². The maximum Gasteiger partial charge on any atom is 0.0849 e. The summed E-state index contributed by atoms with van der Waals surface area (Å²) in [6.45, 7) is 3.76. The van der Waals surface area contributed by atoms with E-state index in [9.17, 15) is 10.2 Å². The number of aliphatic hydroxyl groups is 2. The van der Waals surface area contributed by atoms with Crippen LogP contribution in [0, 0.1) is 5.92 Å². The highest BCUT2D eigenvalue weighted by Gasteiger charge is 2.27. The van der Waals surface area contributed by atoms with E-state index in [4.69, 9.17) is 0 Å². The Hall–Kier alpha value is -1.90. The van der Waals surface area contributed by atoms with Gasteiger partial charge in [0.05, 0.1) is 6.10 Å². The van der Waals surface area contributed by atoms with Crippen molar-refractivity contribution >= 4 is 0 Å². The molecular formula is C18H20O2. The lowest BCUT2D eigenvalue weighted by Crippen LogP contribution is -2.23. The fourth-order valence-corrected chi connectivity index (χ4v) is 2.54. The van der Waals surface area contributed by atoms with E-state index in [1.54, 1.807) is 6.08 Å². The topological polar surface area (TPSA) is 40.5 Å². The van der Waals surface area contributed by atoms with Crippen molar-refractivity contribution in [2.45, 2.75) is 12.0 Å². The lowest BCUT2D eigenvalue weighted by atomic mass is 9.81. The molecule has 2 N–H and O–H groups in total. The molecule has 0 aliphatic rings. The normalized spacial score (nSPS) is 15.3. The Morgan fingerprint density at radius 3 is 1.85 bits per heavy atom. The van der Waals surface area contributed by atoms with Gasteiger partial charge < -0.3 is 10.2 Å². The first kappa shape index (κ1) is 14.5. The molecule has 0 amide bonds. The molecule has 0 aliphatic heterocycles. The van der Waals surface area contributed by atoms with E-state index in [1.807, 2.05) is 60.7 Å². The molecule has 0 radical (unpaired) electrons. The van der Waals surface area contributed by atoms with Crippen molar-refractivity contribution in [2.24, 2.45) is 5.92 Å². The number of hydrogen-bond donors (Lipinski definition) is 2. The predicted molar refractivity (Wildman–Crippen MR) is 81.4 cm³/mol. The van der Waals surface area contributed by atoms with E-state index in [-0.39, 0.29) is 18.4 Å². The Kier molecular flexibility index (Phi) is 5.10. The second kappa shape index (κ2) is 7.04. The lowest BCUT2D eigenvalue weighted by Gasteiger charge is -2.28. The molecule has 0 heterocycles. The van der Waals surface area contributed by atoms with Gasteiger partial charge in [-0.1, -0.05) is 66.7 Å². The average molecular weight is 268 g/mol. The fraction of sp³-hybridized carbons (Fsp3) is 0.222. The molecule has 2 aromatic rings. The standard InChI is InChI=1S/C18H20O2/c1-2-16(14-9-5-3-6-10-14)17(13-19)18(20)15-11-7-4-8-12-15/h2-12,16-20H,1,13H2/t16-,17+,18-/m0/s1. The molecule has 0 unspecified atom stereocenters. The number of rotatable bonds is 6. The van der Waals surface area contributed by atoms with E-state index >= 15 is 0 Å². The molecule has 2 heteroatoms. The van der Waals surface area contributed by atoms with Gasteiger partial charge in [0, 0.05) is 18.4 Å². The summed E-state index contributed by atoms with van der Waals surface area (Å²) in [5, 5.41) is 20.2. The first-order valence-corrected chi connectivity index (χ1v) is 6.79. The summed E-state index contributed by atoms with van der Waals surface area (Å²) in [7, 11) is 0. The van der Waals surface area contributed by atoms with Gasteiger partial charge in [-0.25, -0.2) is 0 Å². The van der Waals surface area contributed by atoms with Gasteiger partial charge in [-0.3, -0.25) is 0 Å². The second-order valence-electron chi connectivity index (χ2n) is 4.87. The maximum absolute atomic E-state index is 10.5. The van der Waals surface area contributed by atoms with Crippen LogP contribution in [0.1, 0.15) is 23.1 Å². The summed E-state index contributed by atoms with van der Waals surface area (Å²) < 4.78 is 0. The van der Waals surface area contributed by atoms with E-state index in [0.29, 0.717) is 0 Å². The second-order valence-corrected chi connectivity index (χ2v) is 4.87. The van der Waals surface area contributed by atoms with Crippen molar-refractivity contribution in [3.63, 3.8) is 0 Å². The molecule has 20 heavy (non-hydrogen) atoms. The van der Waals surface area contributed by atoms with E-state index < -0.39 is 6.10 Å². The third-order valence-corrected chi connectivity index (χ3v) is 3.66. The zero-order chi connectivity index (χ0) is 14.4. The van der Waals surface area contributed by atoms with Crippen LogP contribution in [-0.4, -0.2) is 16.8 Å². The average Bonchev–Trinajstić information content (AvgIpc) is 2.53. The van der Waals surface area contributed by atoms with Gasteiger partial charge in [0.25, 0.3) is 0 Å². The summed E-state index contributed by atoms with van der Waals surface area (Å²) in [6, 6.07) is 19.3. The number of benzene rings is 2. The molecule has 0 saturated carbocycles. The molecule has 0 spiro atoms. The minimum Gasteiger partial charge on any atom is -0.396 e. The fourth-order valence-electron chi connectivity index (χ4n) is 2.54. The molecule has 2 rings (SSSR count). The number of hydrogen-bond acceptors (Lipinski definition) is 2. The molecule has 3 atom stereocenters. The van der Waals surface area contributed by atoms with Crippen LogP contribution in [-0.2, 0) is 0 Å². The molecule has 0 bridgehead atoms.